The van der Waals surface area contributed by atoms with E-state index in [1.54, 1.807) is 6.20 Å². The molecule has 6 heteroatoms. The van der Waals surface area contributed by atoms with Crippen LogP contribution in [0.4, 0.5) is 0 Å². The third kappa shape index (κ3) is 3.29. The van der Waals surface area contributed by atoms with Crippen LogP contribution < -0.4 is 5.32 Å². The zero-order valence-electron chi connectivity index (χ0n) is 9.98. The number of sulfone groups is 1. The van der Waals surface area contributed by atoms with Crippen LogP contribution in [-0.2, 0) is 16.3 Å². The number of aromatic nitrogens is 1. The Labute approximate surface area is 102 Å². The second-order valence-electron chi connectivity index (χ2n) is 4.36. The quantitative estimate of drug-likeness (QED) is 0.788. The summed E-state index contributed by atoms with van der Waals surface area (Å²) in [6.45, 7) is 3.80. The van der Waals surface area contributed by atoms with Crippen LogP contribution in [0.2, 0.25) is 0 Å². The van der Waals surface area contributed by atoms with Crippen molar-refractivity contribution in [3.05, 3.63) is 17.8 Å². The first-order valence-electron chi connectivity index (χ1n) is 5.96. The summed E-state index contributed by atoms with van der Waals surface area (Å²) in [6.07, 6.45) is 3.07. The largest absolute Gasteiger partial charge is 0.445 e. The van der Waals surface area contributed by atoms with Crippen LogP contribution in [0.3, 0.4) is 0 Å². The van der Waals surface area contributed by atoms with E-state index < -0.39 is 9.84 Å². The van der Waals surface area contributed by atoms with E-state index in [0.717, 1.165) is 25.3 Å². The van der Waals surface area contributed by atoms with Crippen molar-refractivity contribution in [1.29, 1.82) is 0 Å². The predicted molar refractivity (Wildman–Crippen MR) is 64.8 cm³/mol. The van der Waals surface area contributed by atoms with Crippen molar-refractivity contribution < 1.29 is 12.8 Å². The predicted octanol–water partition coefficient (Wildman–Crippen LogP) is 0.729. The highest BCUT2D eigenvalue weighted by molar-refractivity contribution is 7.91. The molecule has 1 fully saturated rings. The fraction of sp³-hybridized carbons (Fsp3) is 0.727. The summed E-state index contributed by atoms with van der Waals surface area (Å²) in [5.41, 5.74) is 0. The lowest BCUT2D eigenvalue weighted by molar-refractivity contribution is 0.429. The molecule has 0 amide bonds. The maximum Gasteiger partial charge on any atom is 0.195 e. The van der Waals surface area contributed by atoms with Gasteiger partial charge in [0.25, 0.3) is 0 Å². The Balaban J connectivity index is 1.94. The van der Waals surface area contributed by atoms with Gasteiger partial charge in [-0.1, -0.05) is 6.92 Å². The molecule has 96 valence electrons. The van der Waals surface area contributed by atoms with Crippen LogP contribution in [0, 0.1) is 0 Å². The van der Waals surface area contributed by atoms with Crippen molar-refractivity contribution in [2.75, 3.05) is 24.6 Å². The second kappa shape index (κ2) is 5.18. The van der Waals surface area contributed by atoms with Crippen LogP contribution in [0.15, 0.2) is 10.6 Å². The van der Waals surface area contributed by atoms with Crippen LogP contribution in [0.1, 0.15) is 30.9 Å². The average Bonchev–Trinajstić information content (AvgIpc) is 2.85. The Bertz CT molecular complexity index is 467. The van der Waals surface area contributed by atoms with Crippen LogP contribution >= 0.6 is 0 Å². The lowest BCUT2D eigenvalue weighted by Crippen LogP contribution is -2.16. The van der Waals surface area contributed by atoms with Gasteiger partial charge in [-0.25, -0.2) is 13.4 Å². The number of nitrogens with zero attached hydrogens (tertiary/aromatic N) is 1. The van der Waals surface area contributed by atoms with Crippen molar-refractivity contribution in [1.82, 2.24) is 10.3 Å². The summed E-state index contributed by atoms with van der Waals surface area (Å²) >= 11 is 0. The summed E-state index contributed by atoms with van der Waals surface area (Å²) in [6, 6.07) is 0. The number of likely N-dealkylation sites (N-methyl/N-ethyl adjacent to an activating group) is 1. The van der Waals surface area contributed by atoms with E-state index in [4.69, 9.17) is 4.42 Å². The maximum atomic E-state index is 11.4. The van der Waals surface area contributed by atoms with Crippen LogP contribution in [0.25, 0.3) is 0 Å². The SMILES string of the molecule is CCNCCc1ncc(C2CCS(=O)(=O)C2)o1. The number of hydrogen-bond donors (Lipinski definition) is 1. The van der Waals surface area contributed by atoms with E-state index in [0.29, 0.717) is 12.3 Å². The van der Waals surface area contributed by atoms with Gasteiger partial charge in [0.15, 0.2) is 15.7 Å². The smallest absolute Gasteiger partial charge is 0.195 e. The molecule has 1 aromatic rings. The normalized spacial score (nSPS) is 23.0. The number of oxazole rings is 1. The van der Waals surface area contributed by atoms with Gasteiger partial charge in [-0.15, -0.1) is 0 Å². The lowest BCUT2D eigenvalue weighted by Gasteiger charge is -2.01. The lowest BCUT2D eigenvalue weighted by atomic mass is 10.1. The van der Waals surface area contributed by atoms with E-state index in [1.165, 1.54) is 0 Å². The maximum absolute atomic E-state index is 11.4. The highest BCUT2D eigenvalue weighted by Gasteiger charge is 2.31. The summed E-state index contributed by atoms with van der Waals surface area (Å²) in [5, 5.41) is 3.19. The molecule has 0 spiro atoms. The Morgan fingerprint density at radius 2 is 2.41 bits per heavy atom. The number of rotatable bonds is 5. The fourth-order valence-electron chi connectivity index (χ4n) is 2.02. The molecule has 0 bridgehead atoms. The molecule has 0 saturated carbocycles. The van der Waals surface area contributed by atoms with E-state index in [9.17, 15) is 8.42 Å². The van der Waals surface area contributed by atoms with Crippen molar-refractivity contribution in [3.8, 4) is 0 Å². The zero-order chi connectivity index (χ0) is 12.3. The Morgan fingerprint density at radius 3 is 3.06 bits per heavy atom. The molecule has 0 aliphatic carbocycles. The minimum absolute atomic E-state index is 0.000356. The Morgan fingerprint density at radius 1 is 1.59 bits per heavy atom. The van der Waals surface area contributed by atoms with Gasteiger partial charge in [-0.05, 0) is 13.0 Å². The van der Waals surface area contributed by atoms with Gasteiger partial charge in [-0.3, -0.25) is 0 Å². The second-order valence-corrected chi connectivity index (χ2v) is 6.59. The minimum Gasteiger partial charge on any atom is -0.445 e. The monoisotopic (exact) mass is 258 g/mol. The van der Waals surface area contributed by atoms with Gasteiger partial charge >= 0.3 is 0 Å². The highest BCUT2D eigenvalue weighted by Crippen LogP contribution is 2.29. The van der Waals surface area contributed by atoms with Crippen LogP contribution in [0.5, 0.6) is 0 Å². The fourth-order valence-corrected chi connectivity index (χ4v) is 3.77. The summed E-state index contributed by atoms with van der Waals surface area (Å²) in [7, 11) is -2.86. The molecule has 1 unspecified atom stereocenters. The molecule has 1 atom stereocenters. The van der Waals surface area contributed by atoms with E-state index >= 15 is 0 Å². The van der Waals surface area contributed by atoms with E-state index in [-0.39, 0.29) is 17.4 Å². The first kappa shape index (κ1) is 12.6. The first-order chi connectivity index (χ1) is 8.11. The molecule has 1 aliphatic heterocycles. The van der Waals surface area contributed by atoms with Crippen molar-refractivity contribution in [2.24, 2.45) is 0 Å². The molecule has 2 rings (SSSR count). The summed E-state index contributed by atoms with van der Waals surface area (Å²) in [4.78, 5) is 4.18. The molecule has 1 N–H and O–H groups in total. The number of nitrogens with one attached hydrogen (secondary N) is 1. The zero-order valence-corrected chi connectivity index (χ0v) is 10.8. The molecule has 2 heterocycles. The summed E-state index contributed by atoms with van der Waals surface area (Å²) in [5.74, 6) is 1.88. The number of hydrogen-bond acceptors (Lipinski definition) is 5. The Hall–Kier alpha value is -0.880. The van der Waals surface area contributed by atoms with E-state index in [2.05, 4.69) is 10.3 Å². The minimum atomic E-state index is -2.86. The van der Waals surface area contributed by atoms with Gasteiger partial charge < -0.3 is 9.73 Å². The van der Waals surface area contributed by atoms with E-state index in [1.807, 2.05) is 6.92 Å². The topological polar surface area (TPSA) is 72.2 Å². The molecule has 17 heavy (non-hydrogen) atoms. The first-order valence-corrected chi connectivity index (χ1v) is 7.78. The molecule has 0 aromatic carbocycles. The third-order valence-corrected chi connectivity index (χ3v) is 4.74. The average molecular weight is 258 g/mol. The van der Waals surface area contributed by atoms with Gasteiger partial charge in [0, 0.05) is 18.9 Å². The summed E-state index contributed by atoms with van der Waals surface area (Å²) < 4.78 is 28.3. The van der Waals surface area contributed by atoms with Gasteiger partial charge in [0.2, 0.25) is 0 Å². The molecule has 1 aliphatic rings. The van der Waals surface area contributed by atoms with Gasteiger partial charge in [0.1, 0.15) is 5.76 Å². The molecule has 5 nitrogen and oxygen atoms in total. The van der Waals surface area contributed by atoms with Crippen molar-refractivity contribution in [2.45, 2.75) is 25.7 Å². The van der Waals surface area contributed by atoms with Crippen molar-refractivity contribution in [3.63, 3.8) is 0 Å². The van der Waals surface area contributed by atoms with Gasteiger partial charge in [-0.2, -0.15) is 0 Å². The van der Waals surface area contributed by atoms with Gasteiger partial charge in [0.05, 0.1) is 17.7 Å². The Kier molecular flexibility index (Phi) is 3.83. The van der Waals surface area contributed by atoms with Crippen molar-refractivity contribution >= 4 is 9.84 Å². The molecular weight excluding hydrogens is 240 g/mol. The standard InChI is InChI=1S/C11H18N2O3S/c1-2-12-5-3-11-13-7-10(16-11)9-4-6-17(14,15)8-9/h7,9,12H,2-6,8H2,1H3. The molecular formula is C11H18N2O3S. The van der Waals surface area contributed by atoms with Crippen LogP contribution in [-0.4, -0.2) is 38.0 Å². The molecule has 1 saturated heterocycles. The molecule has 1 aromatic heterocycles. The molecule has 0 radical (unpaired) electrons. The third-order valence-electron chi connectivity index (χ3n) is 2.97. The highest BCUT2D eigenvalue weighted by atomic mass is 32.2.